The van der Waals surface area contributed by atoms with E-state index in [1.54, 1.807) is 12.1 Å². The Labute approximate surface area is 169 Å². The number of pyridine rings is 1. The molecule has 1 aromatic carbocycles. The minimum atomic E-state index is -0.191. The Morgan fingerprint density at radius 3 is 2.75 bits per heavy atom. The van der Waals surface area contributed by atoms with Crippen molar-refractivity contribution in [2.45, 2.75) is 0 Å². The van der Waals surface area contributed by atoms with Crippen molar-refractivity contribution in [3.05, 3.63) is 64.1 Å². The Hall–Kier alpha value is -3.03. The monoisotopic (exact) mass is 411 g/mol. The van der Waals surface area contributed by atoms with Crippen molar-refractivity contribution < 1.29 is 14.3 Å². The SMILES string of the molecule is O=C(Nc1ccc2nc(-c3ccc4c(c3)OCCO4)cn2c1)c1ccc(Cl)s1. The van der Waals surface area contributed by atoms with Gasteiger partial charge in [-0.1, -0.05) is 11.6 Å². The fourth-order valence-electron chi connectivity index (χ4n) is 3.04. The number of hydrogen-bond acceptors (Lipinski definition) is 5. The summed E-state index contributed by atoms with van der Waals surface area (Å²) in [5, 5.41) is 2.88. The number of carbonyl (C=O) groups is 1. The van der Waals surface area contributed by atoms with Gasteiger partial charge in [-0.25, -0.2) is 4.98 Å². The van der Waals surface area contributed by atoms with Gasteiger partial charge in [0.25, 0.3) is 5.91 Å². The number of imidazole rings is 1. The lowest BCUT2D eigenvalue weighted by atomic mass is 10.1. The van der Waals surface area contributed by atoms with Crippen LogP contribution >= 0.6 is 22.9 Å². The number of thiophene rings is 1. The van der Waals surface area contributed by atoms with E-state index in [0.29, 0.717) is 28.1 Å². The van der Waals surface area contributed by atoms with Gasteiger partial charge in [-0.05, 0) is 42.5 Å². The molecular formula is C20H14ClN3O3S. The first-order chi connectivity index (χ1) is 13.7. The summed E-state index contributed by atoms with van der Waals surface area (Å²) < 4.78 is 13.7. The van der Waals surface area contributed by atoms with Gasteiger partial charge in [0.15, 0.2) is 11.5 Å². The van der Waals surface area contributed by atoms with E-state index < -0.39 is 0 Å². The van der Waals surface area contributed by atoms with E-state index in [9.17, 15) is 4.79 Å². The van der Waals surface area contributed by atoms with Crippen molar-refractivity contribution >= 4 is 40.2 Å². The minimum absolute atomic E-state index is 0.191. The maximum absolute atomic E-state index is 12.3. The smallest absolute Gasteiger partial charge is 0.265 e. The third-order valence-electron chi connectivity index (χ3n) is 4.34. The molecule has 0 atom stereocenters. The van der Waals surface area contributed by atoms with E-state index in [2.05, 4.69) is 10.3 Å². The van der Waals surface area contributed by atoms with Crippen LogP contribution in [0, 0.1) is 0 Å². The molecule has 28 heavy (non-hydrogen) atoms. The summed E-state index contributed by atoms with van der Waals surface area (Å²) in [7, 11) is 0. The number of rotatable bonds is 3. The highest BCUT2D eigenvalue weighted by Gasteiger charge is 2.14. The number of hydrogen-bond donors (Lipinski definition) is 1. The number of ether oxygens (including phenoxy) is 2. The van der Waals surface area contributed by atoms with Crippen molar-refractivity contribution in [3.63, 3.8) is 0 Å². The molecule has 1 aliphatic heterocycles. The second-order valence-corrected chi connectivity index (χ2v) is 7.94. The Kier molecular flexibility index (Phi) is 4.18. The minimum Gasteiger partial charge on any atom is -0.486 e. The number of anilines is 1. The Morgan fingerprint density at radius 2 is 1.93 bits per heavy atom. The van der Waals surface area contributed by atoms with Crippen LogP contribution in [-0.2, 0) is 0 Å². The summed E-state index contributed by atoms with van der Waals surface area (Å²) in [6, 6.07) is 12.9. The molecule has 0 saturated heterocycles. The summed E-state index contributed by atoms with van der Waals surface area (Å²) in [6.45, 7) is 1.10. The van der Waals surface area contributed by atoms with Gasteiger partial charge < -0.3 is 19.2 Å². The van der Waals surface area contributed by atoms with Crippen molar-refractivity contribution in [2.75, 3.05) is 18.5 Å². The van der Waals surface area contributed by atoms with E-state index in [4.69, 9.17) is 21.1 Å². The number of aromatic nitrogens is 2. The summed E-state index contributed by atoms with van der Waals surface area (Å²) in [4.78, 5) is 17.5. The molecule has 4 heterocycles. The molecule has 8 heteroatoms. The maximum Gasteiger partial charge on any atom is 0.265 e. The second-order valence-electron chi connectivity index (χ2n) is 6.23. The Balaban J connectivity index is 1.43. The van der Waals surface area contributed by atoms with E-state index >= 15 is 0 Å². The average Bonchev–Trinajstić information content (AvgIpc) is 3.33. The normalized spacial score (nSPS) is 12.9. The van der Waals surface area contributed by atoms with Gasteiger partial charge >= 0.3 is 0 Å². The highest BCUT2D eigenvalue weighted by atomic mass is 35.5. The van der Waals surface area contributed by atoms with Crippen LogP contribution in [0.1, 0.15) is 9.67 Å². The molecule has 0 saturated carbocycles. The predicted octanol–water partition coefficient (Wildman–Crippen LogP) is 4.74. The molecule has 1 amide bonds. The van der Waals surface area contributed by atoms with Crippen LogP contribution in [0.25, 0.3) is 16.9 Å². The van der Waals surface area contributed by atoms with Gasteiger partial charge in [-0.3, -0.25) is 4.79 Å². The molecule has 1 aliphatic rings. The van der Waals surface area contributed by atoms with Crippen LogP contribution in [0.4, 0.5) is 5.69 Å². The lowest BCUT2D eigenvalue weighted by molar-refractivity contribution is 0.103. The van der Waals surface area contributed by atoms with E-state index in [1.165, 1.54) is 11.3 Å². The Morgan fingerprint density at radius 1 is 1.07 bits per heavy atom. The van der Waals surface area contributed by atoms with Crippen LogP contribution in [0.5, 0.6) is 11.5 Å². The summed E-state index contributed by atoms with van der Waals surface area (Å²) in [5.74, 6) is 1.28. The zero-order valence-electron chi connectivity index (χ0n) is 14.5. The maximum atomic E-state index is 12.3. The summed E-state index contributed by atoms with van der Waals surface area (Å²) >= 11 is 7.14. The van der Waals surface area contributed by atoms with Gasteiger partial charge in [0, 0.05) is 18.0 Å². The molecule has 6 nitrogen and oxygen atoms in total. The van der Waals surface area contributed by atoms with Crippen LogP contribution in [0.2, 0.25) is 4.34 Å². The first kappa shape index (κ1) is 17.1. The summed E-state index contributed by atoms with van der Waals surface area (Å²) in [5.41, 5.74) is 3.20. The van der Waals surface area contributed by atoms with Crippen molar-refractivity contribution in [1.29, 1.82) is 0 Å². The van der Waals surface area contributed by atoms with Gasteiger partial charge in [-0.2, -0.15) is 0 Å². The van der Waals surface area contributed by atoms with Crippen LogP contribution in [0.15, 0.2) is 54.9 Å². The molecule has 0 spiro atoms. The molecular weight excluding hydrogens is 398 g/mol. The molecule has 140 valence electrons. The van der Waals surface area contributed by atoms with E-state index in [-0.39, 0.29) is 5.91 Å². The number of amides is 1. The lowest BCUT2D eigenvalue weighted by Crippen LogP contribution is -2.15. The molecule has 5 rings (SSSR count). The molecule has 0 radical (unpaired) electrons. The zero-order chi connectivity index (χ0) is 19.1. The molecule has 3 aromatic heterocycles. The van der Waals surface area contributed by atoms with Crippen LogP contribution in [0.3, 0.4) is 0 Å². The fourth-order valence-corrected chi connectivity index (χ4v) is 3.97. The highest BCUT2D eigenvalue weighted by molar-refractivity contribution is 7.18. The average molecular weight is 412 g/mol. The first-order valence-electron chi connectivity index (χ1n) is 8.61. The number of benzene rings is 1. The van der Waals surface area contributed by atoms with Crippen molar-refractivity contribution in [1.82, 2.24) is 9.38 Å². The zero-order valence-corrected chi connectivity index (χ0v) is 16.1. The number of carbonyl (C=O) groups excluding carboxylic acids is 1. The van der Waals surface area contributed by atoms with Crippen molar-refractivity contribution in [3.8, 4) is 22.8 Å². The molecule has 0 fully saturated rings. The standard InChI is InChI=1S/C20H14ClN3O3S/c21-18-5-4-17(28-18)20(25)22-13-2-6-19-23-14(11-24(19)10-13)12-1-3-15-16(9-12)27-8-7-26-15/h1-6,9-11H,7-8H2,(H,22,25). The van der Waals surface area contributed by atoms with E-state index in [1.807, 2.05) is 47.1 Å². The Bertz CT molecular complexity index is 1200. The fraction of sp³-hybridized carbons (Fsp3) is 0.100. The van der Waals surface area contributed by atoms with Crippen molar-refractivity contribution in [2.24, 2.45) is 0 Å². The van der Waals surface area contributed by atoms with Crippen LogP contribution < -0.4 is 14.8 Å². The largest absolute Gasteiger partial charge is 0.486 e. The predicted molar refractivity (Wildman–Crippen MR) is 109 cm³/mol. The lowest BCUT2D eigenvalue weighted by Gasteiger charge is -2.18. The topological polar surface area (TPSA) is 64.9 Å². The van der Waals surface area contributed by atoms with Gasteiger partial charge in [-0.15, -0.1) is 11.3 Å². The van der Waals surface area contributed by atoms with Gasteiger partial charge in [0.1, 0.15) is 18.9 Å². The number of halogens is 1. The number of fused-ring (bicyclic) bond motifs is 2. The molecule has 0 unspecified atom stereocenters. The van der Waals surface area contributed by atoms with Gasteiger partial charge in [0.2, 0.25) is 0 Å². The van der Waals surface area contributed by atoms with Crippen LogP contribution in [-0.4, -0.2) is 28.5 Å². The highest BCUT2D eigenvalue weighted by Crippen LogP contribution is 2.34. The summed E-state index contributed by atoms with van der Waals surface area (Å²) in [6.07, 6.45) is 3.75. The third-order valence-corrected chi connectivity index (χ3v) is 5.57. The molecule has 4 aromatic rings. The van der Waals surface area contributed by atoms with Gasteiger partial charge in [0.05, 0.1) is 20.6 Å². The molecule has 0 bridgehead atoms. The molecule has 1 N–H and O–H groups in total. The second kappa shape index (κ2) is 6.85. The quantitative estimate of drug-likeness (QED) is 0.529. The molecule has 0 aliphatic carbocycles. The van der Waals surface area contributed by atoms with E-state index in [0.717, 1.165) is 28.4 Å². The number of nitrogens with zero attached hydrogens (tertiary/aromatic N) is 2. The first-order valence-corrected chi connectivity index (χ1v) is 9.81. The number of nitrogens with one attached hydrogen (secondary N) is 1. The third kappa shape index (κ3) is 3.19.